The Morgan fingerprint density at radius 2 is 1.90 bits per heavy atom. The van der Waals surface area contributed by atoms with E-state index in [-0.39, 0.29) is 13.2 Å². The summed E-state index contributed by atoms with van der Waals surface area (Å²) in [5, 5.41) is 16.3. The molecule has 0 atom stereocenters. The van der Waals surface area contributed by atoms with Gasteiger partial charge in [-0.2, -0.15) is 0 Å². The highest BCUT2D eigenvalue weighted by Crippen LogP contribution is 2.35. The Bertz CT molecular complexity index is 638. The lowest BCUT2D eigenvalue weighted by atomic mass is 9.91. The molecule has 1 aromatic rings. The number of amides is 4. The summed E-state index contributed by atoms with van der Waals surface area (Å²) in [5.41, 5.74) is 0.439. The van der Waals surface area contributed by atoms with Crippen molar-refractivity contribution < 1.29 is 19.5 Å². The molecule has 0 bridgehead atoms. The van der Waals surface area contributed by atoms with Gasteiger partial charge in [-0.25, -0.2) is 4.79 Å². The molecule has 3 rings (SSSR count). The number of likely N-dealkylation sites (N-methyl/N-ethyl adjacent to an activating group) is 1. The third-order valence-electron chi connectivity index (χ3n) is 3.71. The molecule has 2 heterocycles. The van der Waals surface area contributed by atoms with Crippen molar-refractivity contribution in [1.29, 1.82) is 0 Å². The highest BCUT2D eigenvalue weighted by Gasteiger charge is 2.53. The molecule has 1 fully saturated rings. The third kappa shape index (κ3) is 1.91. The van der Waals surface area contributed by atoms with Gasteiger partial charge in [0.1, 0.15) is 0 Å². The van der Waals surface area contributed by atoms with Crippen LogP contribution in [0.25, 0.3) is 0 Å². The lowest BCUT2D eigenvalue weighted by Gasteiger charge is -2.43. The van der Waals surface area contributed by atoms with Gasteiger partial charge in [0.15, 0.2) is 0 Å². The van der Waals surface area contributed by atoms with Crippen LogP contribution >= 0.6 is 0 Å². The van der Waals surface area contributed by atoms with Crippen LogP contribution in [-0.2, 0) is 16.2 Å². The van der Waals surface area contributed by atoms with E-state index in [1.54, 1.807) is 30.1 Å². The summed E-state index contributed by atoms with van der Waals surface area (Å²) in [4.78, 5) is 37.3. The number of aliphatic hydroxyl groups excluding tert-OH is 1. The van der Waals surface area contributed by atoms with E-state index in [4.69, 9.17) is 0 Å². The maximum Gasteiger partial charge on any atom is 0.328 e. The van der Waals surface area contributed by atoms with Gasteiger partial charge in [0, 0.05) is 7.05 Å². The summed E-state index contributed by atoms with van der Waals surface area (Å²) in [5.74, 6) is -1.38. The fourth-order valence-corrected chi connectivity index (χ4v) is 2.64. The summed E-state index contributed by atoms with van der Waals surface area (Å²) in [6, 6.07) is 4.41. The zero-order valence-electron chi connectivity index (χ0n) is 11.3. The number of carbonyl (C=O) groups is 3. The number of benzene rings is 1. The van der Waals surface area contributed by atoms with Crippen LogP contribution in [0.1, 0.15) is 5.56 Å². The number of aliphatic hydroxyl groups is 1. The summed E-state index contributed by atoms with van der Waals surface area (Å²) in [6.45, 7) is -0.0635. The van der Waals surface area contributed by atoms with Crippen LogP contribution in [0.4, 0.5) is 16.2 Å². The van der Waals surface area contributed by atoms with E-state index >= 15 is 0 Å². The van der Waals surface area contributed by atoms with Crippen LogP contribution in [0.3, 0.4) is 0 Å². The Hall–Kier alpha value is -2.61. The fraction of sp³-hybridized carbons (Fsp3) is 0.308. The molecule has 110 valence electrons. The number of imide groups is 2. The van der Waals surface area contributed by atoms with Gasteiger partial charge in [-0.05, 0) is 17.7 Å². The molecule has 0 radical (unpaired) electrons. The molecule has 1 aromatic carbocycles. The SMILES string of the molecule is CN1CC2(Nc3cc(CO)ccc31)C(=O)NC(=O)NC2=O. The minimum atomic E-state index is -1.57. The van der Waals surface area contributed by atoms with Gasteiger partial charge < -0.3 is 15.3 Å². The van der Waals surface area contributed by atoms with E-state index in [1.807, 2.05) is 0 Å². The summed E-state index contributed by atoms with van der Waals surface area (Å²) in [6.07, 6.45) is 0. The van der Waals surface area contributed by atoms with E-state index in [2.05, 4.69) is 16.0 Å². The molecule has 2 aliphatic heterocycles. The largest absolute Gasteiger partial charge is 0.392 e. The van der Waals surface area contributed by atoms with Crippen molar-refractivity contribution in [3.63, 3.8) is 0 Å². The Morgan fingerprint density at radius 1 is 1.24 bits per heavy atom. The van der Waals surface area contributed by atoms with E-state index in [0.717, 1.165) is 5.69 Å². The predicted octanol–water partition coefficient (Wildman–Crippen LogP) is -0.855. The smallest absolute Gasteiger partial charge is 0.328 e. The average molecular weight is 290 g/mol. The quantitative estimate of drug-likeness (QED) is 0.501. The molecule has 0 unspecified atom stereocenters. The molecule has 8 nitrogen and oxygen atoms in total. The molecule has 1 spiro atoms. The Kier molecular flexibility index (Phi) is 2.84. The van der Waals surface area contributed by atoms with Gasteiger partial charge >= 0.3 is 6.03 Å². The number of rotatable bonds is 1. The van der Waals surface area contributed by atoms with E-state index in [0.29, 0.717) is 11.3 Å². The molecule has 0 aromatic heterocycles. The number of hydrogen-bond donors (Lipinski definition) is 4. The molecule has 21 heavy (non-hydrogen) atoms. The first-order chi connectivity index (χ1) is 9.96. The molecular weight excluding hydrogens is 276 g/mol. The Labute approximate surface area is 120 Å². The van der Waals surface area contributed by atoms with Crippen molar-refractivity contribution in [3.05, 3.63) is 23.8 Å². The number of hydrogen-bond acceptors (Lipinski definition) is 6. The highest BCUT2D eigenvalue weighted by molar-refractivity contribution is 6.25. The van der Waals surface area contributed by atoms with E-state index in [1.165, 1.54) is 0 Å². The first kappa shape index (κ1) is 13.4. The second kappa shape index (κ2) is 4.45. The zero-order chi connectivity index (χ0) is 15.2. The van der Waals surface area contributed by atoms with Gasteiger partial charge in [-0.3, -0.25) is 20.2 Å². The van der Waals surface area contributed by atoms with Crippen LogP contribution in [0.2, 0.25) is 0 Å². The molecule has 4 N–H and O–H groups in total. The molecular formula is C13H14N4O4. The maximum atomic E-state index is 12.2. The molecule has 1 saturated heterocycles. The van der Waals surface area contributed by atoms with Gasteiger partial charge in [0.25, 0.3) is 11.8 Å². The Morgan fingerprint density at radius 3 is 2.52 bits per heavy atom. The van der Waals surface area contributed by atoms with Crippen molar-refractivity contribution in [2.45, 2.75) is 12.1 Å². The highest BCUT2D eigenvalue weighted by atomic mass is 16.3. The third-order valence-corrected chi connectivity index (χ3v) is 3.71. The summed E-state index contributed by atoms with van der Waals surface area (Å²) >= 11 is 0. The monoisotopic (exact) mass is 290 g/mol. The predicted molar refractivity (Wildman–Crippen MR) is 73.7 cm³/mol. The molecule has 8 heteroatoms. The number of anilines is 2. The zero-order valence-corrected chi connectivity index (χ0v) is 11.3. The number of urea groups is 1. The Balaban J connectivity index is 2.05. The first-order valence-corrected chi connectivity index (χ1v) is 6.36. The number of fused-ring (bicyclic) bond motifs is 1. The minimum absolute atomic E-state index is 0.0867. The normalized spacial score (nSPS) is 19.7. The van der Waals surface area contributed by atoms with E-state index < -0.39 is 23.4 Å². The molecule has 4 amide bonds. The van der Waals surface area contributed by atoms with Crippen LogP contribution < -0.4 is 20.9 Å². The average Bonchev–Trinajstić information content (AvgIpc) is 2.44. The van der Waals surface area contributed by atoms with Crippen LogP contribution in [0.15, 0.2) is 18.2 Å². The van der Waals surface area contributed by atoms with Crippen LogP contribution in [-0.4, -0.2) is 42.1 Å². The molecule has 2 aliphatic rings. The van der Waals surface area contributed by atoms with Crippen molar-refractivity contribution in [1.82, 2.24) is 10.6 Å². The molecule has 0 saturated carbocycles. The van der Waals surface area contributed by atoms with Crippen molar-refractivity contribution in [2.75, 3.05) is 23.8 Å². The van der Waals surface area contributed by atoms with Crippen LogP contribution in [0, 0.1) is 0 Å². The van der Waals surface area contributed by atoms with Crippen LogP contribution in [0.5, 0.6) is 0 Å². The maximum absolute atomic E-state index is 12.2. The van der Waals surface area contributed by atoms with Crippen molar-refractivity contribution >= 4 is 29.2 Å². The number of nitrogens with zero attached hydrogens (tertiary/aromatic N) is 1. The number of barbiturate groups is 1. The van der Waals surface area contributed by atoms with Gasteiger partial charge in [0.2, 0.25) is 5.54 Å². The summed E-state index contributed by atoms with van der Waals surface area (Å²) in [7, 11) is 1.75. The first-order valence-electron chi connectivity index (χ1n) is 6.36. The lowest BCUT2D eigenvalue weighted by molar-refractivity contribution is -0.136. The van der Waals surface area contributed by atoms with Crippen molar-refractivity contribution in [2.24, 2.45) is 0 Å². The van der Waals surface area contributed by atoms with E-state index in [9.17, 15) is 19.5 Å². The fourth-order valence-electron chi connectivity index (χ4n) is 2.64. The molecule has 0 aliphatic carbocycles. The number of carbonyl (C=O) groups excluding carboxylic acids is 3. The second-order valence-corrected chi connectivity index (χ2v) is 5.13. The standard InChI is InChI=1S/C13H14N4O4/c1-17-6-13(10(19)14-12(21)15-11(13)20)16-8-4-7(5-18)2-3-9(8)17/h2-4,16,18H,5-6H2,1H3,(H2,14,15,19,20,21). The van der Waals surface area contributed by atoms with Crippen molar-refractivity contribution in [3.8, 4) is 0 Å². The number of nitrogens with one attached hydrogen (secondary N) is 3. The second-order valence-electron chi connectivity index (χ2n) is 5.13. The van der Waals surface area contributed by atoms with Gasteiger partial charge in [-0.1, -0.05) is 6.07 Å². The topological polar surface area (TPSA) is 111 Å². The van der Waals surface area contributed by atoms with Gasteiger partial charge in [0.05, 0.1) is 24.5 Å². The van der Waals surface area contributed by atoms with Gasteiger partial charge in [-0.15, -0.1) is 0 Å². The minimum Gasteiger partial charge on any atom is -0.392 e. The lowest BCUT2D eigenvalue weighted by Crippen LogP contribution is -2.74. The summed E-state index contributed by atoms with van der Waals surface area (Å²) < 4.78 is 0.